The first-order chi connectivity index (χ1) is 10.0. The van der Waals surface area contributed by atoms with Gasteiger partial charge in [0.05, 0.1) is 11.6 Å². The van der Waals surface area contributed by atoms with E-state index in [1.165, 1.54) is 0 Å². The van der Waals surface area contributed by atoms with E-state index >= 15 is 0 Å². The molecule has 1 aromatic carbocycles. The molecule has 0 saturated heterocycles. The van der Waals surface area contributed by atoms with Crippen molar-refractivity contribution in [3.05, 3.63) is 23.0 Å². The van der Waals surface area contributed by atoms with Gasteiger partial charge in [0.2, 0.25) is 5.91 Å². The van der Waals surface area contributed by atoms with Crippen LogP contribution in [0.25, 0.3) is 11.0 Å². The Morgan fingerprint density at radius 3 is 2.90 bits per heavy atom. The van der Waals surface area contributed by atoms with Gasteiger partial charge in [-0.05, 0) is 45.1 Å². The third-order valence-electron chi connectivity index (χ3n) is 3.07. The number of nitrogens with zero attached hydrogens (tertiary/aromatic N) is 1. The summed E-state index contributed by atoms with van der Waals surface area (Å²) < 4.78 is 8.33. The highest BCUT2D eigenvalue weighted by Crippen LogP contribution is 2.26. The van der Waals surface area contributed by atoms with Gasteiger partial charge in [0.15, 0.2) is 4.77 Å². The Morgan fingerprint density at radius 1 is 1.48 bits per heavy atom. The second-order valence-electron chi connectivity index (χ2n) is 5.10. The van der Waals surface area contributed by atoms with Gasteiger partial charge in [0.25, 0.3) is 0 Å². The number of carbonyl (C=O) groups excluding carboxylic acids is 1. The first kappa shape index (κ1) is 15.6. The van der Waals surface area contributed by atoms with Crippen molar-refractivity contribution in [1.82, 2.24) is 14.9 Å². The van der Waals surface area contributed by atoms with Crippen LogP contribution in [0.4, 0.5) is 0 Å². The van der Waals surface area contributed by atoms with Crippen LogP contribution in [-0.4, -0.2) is 28.1 Å². The average Bonchev–Trinajstić information content (AvgIpc) is 2.73. The molecule has 2 rings (SSSR count). The number of H-pyrrole nitrogens is 1. The van der Waals surface area contributed by atoms with Gasteiger partial charge in [-0.1, -0.05) is 6.07 Å². The molecule has 1 amide bonds. The molecule has 21 heavy (non-hydrogen) atoms. The molecule has 0 unspecified atom stereocenters. The molecule has 1 heterocycles. The minimum atomic E-state index is 0.0309. The molecule has 0 radical (unpaired) electrons. The number of hydrogen-bond donors (Lipinski definition) is 2. The van der Waals surface area contributed by atoms with E-state index in [2.05, 4.69) is 10.3 Å². The summed E-state index contributed by atoms with van der Waals surface area (Å²) in [5.41, 5.74) is 1.84. The molecule has 0 aliphatic carbocycles. The molecule has 0 atom stereocenters. The van der Waals surface area contributed by atoms with E-state index in [-0.39, 0.29) is 12.0 Å². The summed E-state index contributed by atoms with van der Waals surface area (Å²) in [4.78, 5) is 14.8. The second-order valence-corrected chi connectivity index (χ2v) is 5.49. The zero-order chi connectivity index (χ0) is 15.4. The third kappa shape index (κ3) is 3.64. The maximum atomic E-state index is 11.6. The molecule has 0 bridgehead atoms. The van der Waals surface area contributed by atoms with Crippen molar-refractivity contribution in [3.63, 3.8) is 0 Å². The number of imidazole rings is 1. The number of aromatic nitrogens is 2. The Labute approximate surface area is 129 Å². The summed E-state index contributed by atoms with van der Waals surface area (Å²) in [6, 6.07) is 5.83. The number of rotatable bonds is 6. The fourth-order valence-electron chi connectivity index (χ4n) is 2.23. The van der Waals surface area contributed by atoms with E-state index in [0.29, 0.717) is 24.3 Å². The van der Waals surface area contributed by atoms with Crippen molar-refractivity contribution in [1.29, 1.82) is 0 Å². The van der Waals surface area contributed by atoms with Crippen LogP contribution < -0.4 is 10.1 Å². The van der Waals surface area contributed by atoms with E-state index in [9.17, 15) is 4.79 Å². The Morgan fingerprint density at radius 2 is 2.24 bits per heavy atom. The lowest BCUT2D eigenvalue weighted by atomic mass is 10.2. The van der Waals surface area contributed by atoms with Crippen molar-refractivity contribution in [3.8, 4) is 5.75 Å². The molecular formula is C15H21N3O2S. The summed E-state index contributed by atoms with van der Waals surface area (Å²) in [5, 5.41) is 2.79. The largest absolute Gasteiger partial charge is 0.489 e. The number of ether oxygens (including phenoxy) is 1. The van der Waals surface area contributed by atoms with Gasteiger partial charge < -0.3 is 19.6 Å². The van der Waals surface area contributed by atoms with Crippen LogP contribution in [0.1, 0.15) is 27.2 Å². The number of carbonyl (C=O) groups is 1. The Balaban J connectivity index is 2.30. The number of benzene rings is 1. The van der Waals surface area contributed by atoms with Crippen molar-refractivity contribution in [2.24, 2.45) is 0 Å². The molecule has 0 aliphatic rings. The van der Waals surface area contributed by atoms with Crippen LogP contribution in [0.5, 0.6) is 5.75 Å². The van der Waals surface area contributed by atoms with Gasteiger partial charge in [-0.2, -0.15) is 0 Å². The standard InChI is InChI=1S/C15H21N3O2S/c1-4-16-13(19)8-9-18-11-6-5-7-12(20-10(2)3)14(11)17-15(18)21/h5-7,10H,4,8-9H2,1-3H3,(H,16,19)(H,17,21). The molecule has 0 fully saturated rings. The number of para-hydroxylation sites is 1. The molecule has 114 valence electrons. The number of fused-ring (bicyclic) bond motifs is 1. The molecule has 1 aromatic heterocycles. The van der Waals surface area contributed by atoms with Gasteiger partial charge >= 0.3 is 0 Å². The minimum Gasteiger partial charge on any atom is -0.489 e. The molecule has 0 aliphatic heterocycles. The second kappa shape index (κ2) is 6.76. The lowest BCUT2D eigenvalue weighted by molar-refractivity contribution is -0.121. The number of nitrogens with one attached hydrogen (secondary N) is 2. The van der Waals surface area contributed by atoms with Gasteiger partial charge in [-0.15, -0.1) is 0 Å². The summed E-state index contributed by atoms with van der Waals surface area (Å²) in [6.45, 7) is 7.07. The van der Waals surface area contributed by atoms with Crippen molar-refractivity contribution in [2.45, 2.75) is 39.8 Å². The average molecular weight is 307 g/mol. The summed E-state index contributed by atoms with van der Waals surface area (Å²) in [5.74, 6) is 0.814. The predicted molar refractivity (Wildman–Crippen MR) is 86.2 cm³/mol. The van der Waals surface area contributed by atoms with Crippen LogP contribution in [0.15, 0.2) is 18.2 Å². The quantitative estimate of drug-likeness (QED) is 0.807. The van der Waals surface area contributed by atoms with E-state index in [1.807, 2.05) is 43.5 Å². The highest BCUT2D eigenvalue weighted by molar-refractivity contribution is 7.71. The lowest BCUT2D eigenvalue weighted by Gasteiger charge is -2.10. The predicted octanol–water partition coefficient (Wildman–Crippen LogP) is 3.01. The molecule has 2 N–H and O–H groups in total. The maximum Gasteiger partial charge on any atom is 0.221 e. The zero-order valence-electron chi connectivity index (χ0n) is 12.6. The fraction of sp³-hybridized carbons (Fsp3) is 0.467. The summed E-state index contributed by atoms with van der Waals surface area (Å²) in [6.07, 6.45) is 0.501. The van der Waals surface area contributed by atoms with E-state index in [1.54, 1.807) is 0 Å². The van der Waals surface area contributed by atoms with Crippen LogP contribution in [0, 0.1) is 4.77 Å². The highest BCUT2D eigenvalue weighted by atomic mass is 32.1. The van der Waals surface area contributed by atoms with Gasteiger partial charge in [0.1, 0.15) is 11.3 Å². The third-order valence-corrected chi connectivity index (χ3v) is 3.39. The lowest BCUT2D eigenvalue weighted by Crippen LogP contribution is -2.23. The molecule has 6 heteroatoms. The molecule has 0 spiro atoms. The van der Waals surface area contributed by atoms with Crippen molar-refractivity contribution < 1.29 is 9.53 Å². The molecule has 0 saturated carbocycles. The van der Waals surface area contributed by atoms with Crippen LogP contribution in [0.3, 0.4) is 0 Å². The summed E-state index contributed by atoms with van der Waals surface area (Å²) >= 11 is 5.36. The highest BCUT2D eigenvalue weighted by Gasteiger charge is 2.11. The Hall–Kier alpha value is -1.82. The van der Waals surface area contributed by atoms with E-state index in [0.717, 1.165) is 16.8 Å². The molecule has 2 aromatic rings. The monoisotopic (exact) mass is 307 g/mol. The minimum absolute atomic E-state index is 0.0309. The first-order valence-electron chi connectivity index (χ1n) is 7.17. The topological polar surface area (TPSA) is 59.0 Å². The fourth-order valence-corrected chi connectivity index (χ4v) is 2.52. The molecule has 5 nitrogen and oxygen atoms in total. The van der Waals surface area contributed by atoms with Gasteiger partial charge in [-0.3, -0.25) is 4.79 Å². The van der Waals surface area contributed by atoms with Crippen LogP contribution in [-0.2, 0) is 11.3 Å². The van der Waals surface area contributed by atoms with Crippen molar-refractivity contribution >= 4 is 29.2 Å². The smallest absolute Gasteiger partial charge is 0.221 e. The number of aromatic amines is 1. The first-order valence-corrected chi connectivity index (χ1v) is 7.58. The number of aryl methyl sites for hydroxylation is 1. The van der Waals surface area contributed by atoms with E-state index in [4.69, 9.17) is 17.0 Å². The summed E-state index contributed by atoms with van der Waals surface area (Å²) in [7, 11) is 0. The van der Waals surface area contributed by atoms with Crippen LogP contribution >= 0.6 is 12.2 Å². The molecular weight excluding hydrogens is 286 g/mol. The van der Waals surface area contributed by atoms with Gasteiger partial charge in [0, 0.05) is 19.5 Å². The SMILES string of the molecule is CCNC(=O)CCn1c(=S)[nH]c2c(OC(C)C)cccc21. The zero-order valence-corrected chi connectivity index (χ0v) is 13.4. The van der Waals surface area contributed by atoms with Gasteiger partial charge in [-0.25, -0.2) is 0 Å². The van der Waals surface area contributed by atoms with Crippen molar-refractivity contribution in [2.75, 3.05) is 6.54 Å². The number of amides is 1. The Kier molecular flexibility index (Phi) is 5.01. The normalized spacial score (nSPS) is 11.0. The van der Waals surface area contributed by atoms with Crippen LogP contribution in [0.2, 0.25) is 0 Å². The number of hydrogen-bond acceptors (Lipinski definition) is 3. The maximum absolute atomic E-state index is 11.6. The van der Waals surface area contributed by atoms with E-state index < -0.39 is 0 Å². The Bertz CT molecular complexity index is 688.